The van der Waals surface area contributed by atoms with Crippen LogP contribution in [0.1, 0.15) is 41.5 Å². The van der Waals surface area contributed by atoms with E-state index >= 15 is 0 Å². The molecule has 1 heterocycles. The van der Waals surface area contributed by atoms with Crippen LogP contribution in [0, 0.1) is 0 Å². The van der Waals surface area contributed by atoms with Gasteiger partial charge in [0.15, 0.2) is 30.5 Å². The normalized spacial score (nSPS) is 21.7. The number of esters is 7. The molecular formula is C20H26O14. The fourth-order valence-corrected chi connectivity index (χ4v) is 3.11. The molecule has 1 aliphatic heterocycles. The summed E-state index contributed by atoms with van der Waals surface area (Å²) in [7, 11) is 0. The molecule has 0 bridgehead atoms. The van der Waals surface area contributed by atoms with Gasteiger partial charge < -0.3 is 33.2 Å². The Morgan fingerprint density at radius 3 is 1.71 bits per heavy atom. The molecule has 0 aromatic rings. The number of hydrogen-bond donors (Lipinski definition) is 0. The van der Waals surface area contributed by atoms with E-state index in [1.165, 1.54) is 0 Å². The van der Waals surface area contributed by atoms with Gasteiger partial charge in [-0.3, -0.25) is 28.8 Å². The van der Waals surface area contributed by atoms with Crippen molar-refractivity contribution in [2.24, 2.45) is 0 Å². The van der Waals surface area contributed by atoms with Crippen molar-refractivity contribution in [1.82, 2.24) is 0 Å². The highest BCUT2D eigenvalue weighted by atomic mass is 16.7. The maximum atomic E-state index is 12.4. The van der Waals surface area contributed by atoms with E-state index in [1.807, 2.05) is 0 Å². The first-order valence-corrected chi connectivity index (χ1v) is 9.92. The van der Waals surface area contributed by atoms with E-state index in [9.17, 15) is 33.6 Å². The Morgan fingerprint density at radius 2 is 1.26 bits per heavy atom. The minimum atomic E-state index is -1.75. The van der Waals surface area contributed by atoms with Gasteiger partial charge in [0.05, 0.1) is 0 Å². The van der Waals surface area contributed by atoms with Gasteiger partial charge in [-0.25, -0.2) is 4.79 Å². The van der Waals surface area contributed by atoms with Gasteiger partial charge in [0.1, 0.15) is 6.61 Å². The number of carbonyl (C=O) groups is 7. The van der Waals surface area contributed by atoms with Crippen molar-refractivity contribution < 1.29 is 66.7 Å². The lowest BCUT2D eigenvalue weighted by Gasteiger charge is -2.35. The molecule has 190 valence electrons. The molecule has 0 spiro atoms. The van der Waals surface area contributed by atoms with Crippen LogP contribution in [-0.4, -0.2) is 85.0 Å². The first-order valence-electron chi connectivity index (χ1n) is 9.92. The van der Waals surface area contributed by atoms with Gasteiger partial charge in [-0.15, -0.1) is 0 Å². The Morgan fingerprint density at radius 1 is 0.735 bits per heavy atom. The molecule has 0 aromatic carbocycles. The summed E-state index contributed by atoms with van der Waals surface area (Å²) in [6.45, 7) is 5.39. The highest BCUT2D eigenvalue weighted by Gasteiger charge is 2.57. The minimum Gasteiger partial charge on any atom is -0.462 e. The predicted octanol–water partition coefficient (Wildman–Crippen LogP) is -0.867. The predicted molar refractivity (Wildman–Crippen MR) is 104 cm³/mol. The van der Waals surface area contributed by atoms with Crippen molar-refractivity contribution in [3.63, 3.8) is 0 Å². The maximum absolute atomic E-state index is 12.4. The lowest BCUT2D eigenvalue weighted by Crippen LogP contribution is -2.55. The highest BCUT2D eigenvalue weighted by Crippen LogP contribution is 2.30. The van der Waals surface area contributed by atoms with Crippen molar-refractivity contribution in [3.8, 4) is 0 Å². The fourth-order valence-electron chi connectivity index (χ4n) is 3.11. The number of cyclic esters (lactones) is 1. The number of ether oxygens (including phenoxy) is 7. The molecule has 0 radical (unpaired) electrons. The molecule has 1 rings (SSSR count). The molecule has 0 aromatic heterocycles. The molecule has 0 amide bonds. The van der Waals surface area contributed by atoms with E-state index in [0.29, 0.717) is 0 Å². The largest absolute Gasteiger partial charge is 0.462 e. The SMILES string of the molecule is CC(=O)OC[C@H](OC(C)=O)[C@@H](OC(C)=O)[C@H](OC(C)=O)[C@H]1OC(=O)[C@@H](OC(C)=O)[C@H]1OC(C)=O. The van der Waals surface area contributed by atoms with Gasteiger partial charge in [0, 0.05) is 41.5 Å². The van der Waals surface area contributed by atoms with Gasteiger partial charge in [-0.05, 0) is 0 Å². The van der Waals surface area contributed by atoms with Crippen molar-refractivity contribution in [2.75, 3.05) is 6.61 Å². The summed E-state index contributed by atoms with van der Waals surface area (Å²) in [4.78, 5) is 82.3. The monoisotopic (exact) mass is 490 g/mol. The zero-order chi connectivity index (χ0) is 26.2. The Bertz CT molecular complexity index is 833. The second-order valence-corrected chi connectivity index (χ2v) is 7.10. The van der Waals surface area contributed by atoms with Crippen LogP contribution in [0.25, 0.3) is 0 Å². The maximum Gasteiger partial charge on any atom is 0.352 e. The summed E-state index contributed by atoms with van der Waals surface area (Å²) < 4.78 is 35.6. The van der Waals surface area contributed by atoms with Gasteiger partial charge in [-0.1, -0.05) is 0 Å². The molecule has 1 saturated heterocycles. The molecule has 0 unspecified atom stereocenters. The molecular weight excluding hydrogens is 464 g/mol. The third-order valence-electron chi connectivity index (χ3n) is 4.09. The quantitative estimate of drug-likeness (QED) is 0.272. The number of hydrogen-bond acceptors (Lipinski definition) is 14. The Labute approximate surface area is 194 Å². The molecule has 1 fully saturated rings. The average Bonchev–Trinajstić information content (AvgIpc) is 2.95. The molecule has 14 heteroatoms. The topological polar surface area (TPSA) is 184 Å². The lowest BCUT2D eigenvalue weighted by molar-refractivity contribution is -0.205. The van der Waals surface area contributed by atoms with Gasteiger partial charge >= 0.3 is 41.8 Å². The second-order valence-electron chi connectivity index (χ2n) is 7.10. The summed E-state index contributed by atoms with van der Waals surface area (Å²) in [6, 6.07) is 0. The average molecular weight is 490 g/mol. The van der Waals surface area contributed by atoms with E-state index in [0.717, 1.165) is 41.5 Å². The fraction of sp³-hybridized carbons (Fsp3) is 0.650. The first-order chi connectivity index (χ1) is 15.7. The Balaban J connectivity index is 3.55. The van der Waals surface area contributed by atoms with Crippen LogP contribution in [0.3, 0.4) is 0 Å². The van der Waals surface area contributed by atoms with E-state index in [-0.39, 0.29) is 0 Å². The van der Waals surface area contributed by atoms with Crippen LogP contribution >= 0.6 is 0 Å². The van der Waals surface area contributed by atoms with E-state index in [2.05, 4.69) is 0 Å². The summed E-state index contributed by atoms with van der Waals surface area (Å²) >= 11 is 0. The number of carbonyl (C=O) groups excluding carboxylic acids is 7. The minimum absolute atomic E-state index is 0.642. The summed E-state index contributed by atoms with van der Waals surface area (Å²) in [5.41, 5.74) is 0. The zero-order valence-corrected chi connectivity index (χ0v) is 19.4. The molecule has 0 saturated carbocycles. The van der Waals surface area contributed by atoms with Crippen molar-refractivity contribution in [3.05, 3.63) is 0 Å². The van der Waals surface area contributed by atoms with Crippen LogP contribution in [0.5, 0.6) is 0 Å². The molecule has 0 N–H and O–H groups in total. The van der Waals surface area contributed by atoms with Crippen LogP contribution < -0.4 is 0 Å². The molecule has 14 nitrogen and oxygen atoms in total. The van der Waals surface area contributed by atoms with E-state index in [1.54, 1.807) is 0 Å². The lowest BCUT2D eigenvalue weighted by atomic mass is 9.97. The van der Waals surface area contributed by atoms with Gasteiger partial charge in [0.2, 0.25) is 6.10 Å². The first kappa shape index (κ1) is 28.3. The third-order valence-corrected chi connectivity index (χ3v) is 4.09. The Hall–Kier alpha value is -3.71. The van der Waals surface area contributed by atoms with Crippen LogP contribution in [0.4, 0.5) is 0 Å². The van der Waals surface area contributed by atoms with Gasteiger partial charge in [0.25, 0.3) is 0 Å². The summed E-state index contributed by atoms with van der Waals surface area (Å²) in [5.74, 6) is -6.51. The van der Waals surface area contributed by atoms with E-state index < -0.39 is 85.0 Å². The molecule has 34 heavy (non-hydrogen) atoms. The summed E-state index contributed by atoms with van der Waals surface area (Å²) in [6.07, 6.45) is -10.1. The smallest absolute Gasteiger partial charge is 0.352 e. The third kappa shape index (κ3) is 8.67. The summed E-state index contributed by atoms with van der Waals surface area (Å²) in [5, 5.41) is 0. The van der Waals surface area contributed by atoms with Crippen LogP contribution in [-0.2, 0) is 66.7 Å². The number of rotatable bonds is 10. The molecule has 0 aliphatic carbocycles. The molecule has 6 atom stereocenters. The van der Waals surface area contributed by atoms with Crippen molar-refractivity contribution >= 4 is 41.8 Å². The highest BCUT2D eigenvalue weighted by molar-refractivity contribution is 5.82. The molecule has 1 aliphatic rings. The van der Waals surface area contributed by atoms with Crippen molar-refractivity contribution in [2.45, 2.75) is 78.2 Å². The van der Waals surface area contributed by atoms with Crippen LogP contribution in [0.2, 0.25) is 0 Å². The van der Waals surface area contributed by atoms with Crippen molar-refractivity contribution in [1.29, 1.82) is 0 Å². The zero-order valence-electron chi connectivity index (χ0n) is 19.4. The van der Waals surface area contributed by atoms with E-state index in [4.69, 9.17) is 33.2 Å². The standard InChI is InChI=1S/C20H26O14/c1-8(21)28-7-14(29-9(2)22)15(30-10(3)23)16(31-11(4)24)17-18(32-12(5)25)19(20(27)34-17)33-13(6)26/h14-19H,7H2,1-6H3/t14-,15+,16-,17+,18-,19-/m0/s1. The van der Waals surface area contributed by atoms with Gasteiger partial charge in [-0.2, -0.15) is 0 Å². The second kappa shape index (κ2) is 12.5. The van der Waals surface area contributed by atoms with Crippen LogP contribution in [0.15, 0.2) is 0 Å². The Kier molecular flexibility index (Phi) is 10.4.